The van der Waals surface area contributed by atoms with Crippen molar-refractivity contribution in [1.82, 2.24) is 14.9 Å². The Morgan fingerprint density at radius 2 is 2.12 bits per heavy atom. The van der Waals surface area contributed by atoms with Gasteiger partial charge >= 0.3 is 0 Å². The summed E-state index contributed by atoms with van der Waals surface area (Å²) >= 11 is 0. The zero-order valence-corrected chi connectivity index (χ0v) is 10.3. The molecular weight excluding hydrogens is 200 g/mol. The van der Waals surface area contributed by atoms with Crippen LogP contribution in [0.4, 0.5) is 5.82 Å². The van der Waals surface area contributed by atoms with Crippen molar-refractivity contribution in [1.29, 1.82) is 0 Å². The molecule has 1 aromatic heterocycles. The average Bonchev–Trinajstić information content (AvgIpc) is 2.15. The summed E-state index contributed by atoms with van der Waals surface area (Å²) in [5, 5.41) is 0. The standard InChI is InChI=1S/C12H20N4/c1-12(2,3)7-16-5-4-9-10(6-16)14-8-15-11(9)13/h8H,4-7H2,1-3H3,(H2,13,14,15). The second kappa shape index (κ2) is 4.01. The third-order valence-electron chi connectivity index (χ3n) is 2.82. The molecule has 0 spiro atoms. The third-order valence-corrected chi connectivity index (χ3v) is 2.82. The SMILES string of the molecule is CC(C)(C)CN1CCc2c(N)ncnc2C1. The molecule has 0 fully saturated rings. The molecule has 0 atom stereocenters. The van der Waals surface area contributed by atoms with Gasteiger partial charge in [-0.3, -0.25) is 4.90 Å². The Morgan fingerprint density at radius 1 is 1.38 bits per heavy atom. The molecule has 0 unspecified atom stereocenters. The predicted molar refractivity (Wildman–Crippen MR) is 64.9 cm³/mol. The van der Waals surface area contributed by atoms with E-state index in [0.29, 0.717) is 11.2 Å². The van der Waals surface area contributed by atoms with Gasteiger partial charge in [0.2, 0.25) is 0 Å². The van der Waals surface area contributed by atoms with E-state index < -0.39 is 0 Å². The molecule has 4 heteroatoms. The van der Waals surface area contributed by atoms with Crippen LogP contribution in [0.2, 0.25) is 0 Å². The Labute approximate surface area is 96.9 Å². The zero-order chi connectivity index (χ0) is 11.8. The quantitative estimate of drug-likeness (QED) is 0.778. The van der Waals surface area contributed by atoms with Gasteiger partial charge in [0.15, 0.2) is 0 Å². The highest BCUT2D eigenvalue weighted by atomic mass is 15.1. The molecule has 0 bridgehead atoms. The molecule has 0 aliphatic carbocycles. The van der Waals surface area contributed by atoms with Gasteiger partial charge in [-0.2, -0.15) is 0 Å². The third kappa shape index (κ3) is 2.50. The Bertz CT molecular complexity index is 381. The largest absolute Gasteiger partial charge is 0.383 e. The molecule has 4 nitrogen and oxygen atoms in total. The molecule has 2 rings (SSSR count). The van der Waals surface area contributed by atoms with Gasteiger partial charge in [-0.05, 0) is 11.8 Å². The highest BCUT2D eigenvalue weighted by Crippen LogP contribution is 2.23. The summed E-state index contributed by atoms with van der Waals surface area (Å²) in [6.07, 6.45) is 2.53. The number of nitrogen functional groups attached to an aromatic ring is 1. The molecule has 16 heavy (non-hydrogen) atoms. The van der Waals surface area contributed by atoms with Crippen LogP contribution in [0.25, 0.3) is 0 Å². The molecular formula is C12H20N4. The van der Waals surface area contributed by atoms with Gasteiger partial charge in [-0.25, -0.2) is 9.97 Å². The molecule has 2 N–H and O–H groups in total. The molecule has 1 aliphatic rings. The molecule has 1 aromatic rings. The van der Waals surface area contributed by atoms with Gasteiger partial charge in [0, 0.05) is 25.2 Å². The first-order valence-corrected chi connectivity index (χ1v) is 5.76. The lowest BCUT2D eigenvalue weighted by Gasteiger charge is -2.33. The highest BCUT2D eigenvalue weighted by Gasteiger charge is 2.23. The maximum absolute atomic E-state index is 5.84. The summed E-state index contributed by atoms with van der Waals surface area (Å²) in [5.74, 6) is 0.653. The number of nitrogens with zero attached hydrogens (tertiary/aromatic N) is 3. The van der Waals surface area contributed by atoms with Crippen LogP contribution >= 0.6 is 0 Å². The first kappa shape index (κ1) is 11.3. The van der Waals surface area contributed by atoms with Gasteiger partial charge in [-0.15, -0.1) is 0 Å². The first-order chi connectivity index (χ1) is 7.46. The van der Waals surface area contributed by atoms with Gasteiger partial charge in [0.1, 0.15) is 12.1 Å². The Balaban J connectivity index is 2.12. The molecule has 0 aromatic carbocycles. The van der Waals surface area contributed by atoms with E-state index in [0.717, 1.165) is 37.3 Å². The van der Waals surface area contributed by atoms with Crippen molar-refractivity contribution in [2.24, 2.45) is 5.41 Å². The summed E-state index contributed by atoms with van der Waals surface area (Å²) < 4.78 is 0. The van der Waals surface area contributed by atoms with E-state index in [4.69, 9.17) is 5.73 Å². The topological polar surface area (TPSA) is 55.0 Å². The minimum atomic E-state index is 0.329. The van der Waals surface area contributed by atoms with Crippen LogP contribution in [0, 0.1) is 5.41 Å². The number of nitrogens with two attached hydrogens (primary N) is 1. The van der Waals surface area contributed by atoms with Crippen molar-refractivity contribution >= 4 is 5.82 Å². The fraction of sp³-hybridized carbons (Fsp3) is 0.667. The van der Waals surface area contributed by atoms with Crippen molar-refractivity contribution in [3.63, 3.8) is 0 Å². The smallest absolute Gasteiger partial charge is 0.130 e. The van der Waals surface area contributed by atoms with E-state index in [-0.39, 0.29) is 0 Å². The van der Waals surface area contributed by atoms with Crippen LogP contribution in [-0.2, 0) is 13.0 Å². The van der Waals surface area contributed by atoms with Crippen LogP contribution in [0.3, 0.4) is 0 Å². The van der Waals surface area contributed by atoms with E-state index in [2.05, 4.69) is 35.6 Å². The van der Waals surface area contributed by atoms with Crippen molar-refractivity contribution < 1.29 is 0 Å². The van der Waals surface area contributed by atoms with Gasteiger partial charge < -0.3 is 5.73 Å². The van der Waals surface area contributed by atoms with Crippen molar-refractivity contribution in [2.45, 2.75) is 33.7 Å². The number of anilines is 1. The average molecular weight is 220 g/mol. The molecule has 1 aliphatic heterocycles. The maximum atomic E-state index is 5.84. The summed E-state index contributed by atoms with van der Waals surface area (Å²) in [7, 11) is 0. The number of fused-ring (bicyclic) bond motifs is 1. The number of hydrogen-bond acceptors (Lipinski definition) is 4. The van der Waals surface area contributed by atoms with Gasteiger partial charge in [-0.1, -0.05) is 20.8 Å². The molecule has 2 heterocycles. The molecule has 0 amide bonds. The second-order valence-electron chi connectivity index (χ2n) is 5.71. The maximum Gasteiger partial charge on any atom is 0.130 e. The normalized spacial score (nSPS) is 17.2. The van der Waals surface area contributed by atoms with Crippen LogP contribution in [0.15, 0.2) is 6.33 Å². The summed E-state index contributed by atoms with van der Waals surface area (Å²) in [4.78, 5) is 10.8. The minimum Gasteiger partial charge on any atom is -0.383 e. The number of hydrogen-bond donors (Lipinski definition) is 1. The molecule has 0 saturated heterocycles. The summed E-state index contributed by atoms with van der Waals surface area (Å²) in [6.45, 7) is 9.84. The Morgan fingerprint density at radius 3 is 2.81 bits per heavy atom. The lowest BCUT2D eigenvalue weighted by atomic mass is 9.94. The predicted octanol–water partition coefficient (Wildman–Crippen LogP) is 1.46. The monoisotopic (exact) mass is 220 g/mol. The van der Waals surface area contributed by atoms with Crippen molar-refractivity contribution in [3.05, 3.63) is 17.6 Å². The minimum absolute atomic E-state index is 0.329. The van der Waals surface area contributed by atoms with Crippen LogP contribution in [0.1, 0.15) is 32.0 Å². The van der Waals surface area contributed by atoms with E-state index >= 15 is 0 Å². The summed E-state index contributed by atoms with van der Waals surface area (Å²) in [5.41, 5.74) is 8.42. The van der Waals surface area contributed by atoms with Gasteiger partial charge in [0.05, 0.1) is 5.69 Å². The fourth-order valence-corrected chi connectivity index (χ4v) is 2.24. The van der Waals surface area contributed by atoms with E-state index in [1.54, 1.807) is 6.33 Å². The molecule has 88 valence electrons. The molecule has 0 radical (unpaired) electrons. The number of rotatable bonds is 1. The van der Waals surface area contributed by atoms with Crippen LogP contribution < -0.4 is 5.73 Å². The van der Waals surface area contributed by atoms with E-state index in [1.807, 2.05) is 0 Å². The highest BCUT2D eigenvalue weighted by molar-refractivity contribution is 5.42. The van der Waals surface area contributed by atoms with Crippen molar-refractivity contribution in [2.75, 3.05) is 18.8 Å². The Kier molecular flexibility index (Phi) is 2.84. The first-order valence-electron chi connectivity index (χ1n) is 5.76. The fourth-order valence-electron chi connectivity index (χ4n) is 2.24. The van der Waals surface area contributed by atoms with Crippen LogP contribution in [-0.4, -0.2) is 28.0 Å². The second-order valence-corrected chi connectivity index (χ2v) is 5.71. The van der Waals surface area contributed by atoms with Crippen molar-refractivity contribution in [3.8, 4) is 0 Å². The Hall–Kier alpha value is -1.16. The van der Waals surface area contributed by atoms with Gasteiger partial charge in [0.25, 0.3) is 0 Å². The lowest BCUT2D eigenvalue weighted by molar-refractivity contribution is 0.174. The zero-order valence-electron chi connectivity index (χ0n) is 10.3. The molecule has 0 saturated carbocycles. The van der Waals surface area contributed by atoms with Crippen LogP contribution in [0.5, 0.6) is 0 Å². The lowest BCUT2D eigenvalue weighted by Crippen LogP contribution is -2.37. The van der Waals surface area contributed by atoms with E-state index in [9.17, 15) is 0 Å². The van der Waals surface area contributed by atoms with E-state index in [1.165, 1.54) is 0 Å². The summed E-state index contributed by atoms with van der Waals surface area (Å²) in [6, 6.07) is 0. The number of aromatic nitrogens is 2.